The second-order valence-corrected chi connectivity index (χ2v) is 8.13. The zero-order valence-corrected chi connectivity index (χ0v) is 17.9. The number of benzene rings is 2. The summed E-state index contributed by atoms with van der Waals surface area (Å²) in [4.78, 5) is 12.7. The minimum absolute atomic E-state index is 0.0193. The molecular weight excluding hydrogens is 422 g/mol. The third-order valence-electron chi connectivity index (χ3n) is 4.11. The van der Waals surface area contributed by atoms with Gasteiger partial charge in [0.25, 0.3) is 15.9 Å². The number of amides is 1. The summed E-state index contributed by atoms with van der Waals surface area (Å²) in [5, 5.41) is 6.35. The molecule has 0 fully saturated rings. The number of aryl methyl sites for hydroxylation is 1. The molecule has 0 aliphatic carbocycles. The maximum Gasteiger partial charge on any atom is 0.263 e. The van der Waals surface area contributed by atoms with Crippen molar-refractivity contribution in [3.05, 3.63) is 65.9 Å². The molecule has 0 radical (unpaired) electrons. The Morgan fingerprint density at radius 1 is 1.10 bits per heavy atom. The topological polar surface area (TPSA) is 120 Å². The molecule has 1 amide bonds. The minimum Gasteiger partial charge on any atom is -0.490 e. The summed E-state index contributed by atoms with van der Waals surface area (Å²) in [6.45, 7) is 4.88. The summed E-state index contributed by atoms with van der Waals surface area (Å²) in [6, 6.07) is 14.1. The van der Waals surface area contributed by atoms with Crippen LogP contribution in [0.2, 0.25) is 0 Å². The highest BCUT2D eigenvalue weighted by Gasteiger charge is 2.17. The van der Waals surface area contributed by atoms with Gasteiger partial charge in [-0.1, -0.05) is 17.3 Å². The molecule has 0 atom stereocenters. The maximum absolute atomic E-state index is 12.7. The minimum atomic E-state index is -3.84. The Kier molecular flexibility index (Phi) is 7.27. The van der Waals surface area contributed by atoms with Gasteiger partial charge in [-0.2, -0.15) is 0 Å². The Morgan fingerprint density at radius 2 is 1.84 bits per heavy atom. The standard InChI is InChI=1S/C21H23N3O6S/c1-3-28-12-13-29-19-7-5-4-6-18(19)21(25)22-16-8-10-17(11-9-16)31(26,27)24-20-14-15(2)30-23-20/h4-11,14H,3,12-13H2,1-2H3,(H,22,25)(H,23,24). The Bertz CT molecular complexity index is 1130. The van der Waals surface area contributed by atoms with Crippen LogP contribution < -0.4 is 14.8 Å². The highest BCUT2D eigenvalue weighted by molar-refractivity contribution is 7.92. The van der Waals surface area contributed by atoms with Gasteiger partial charge in [0.05, 0.1) is 17.1 Å². The number of para-hydroxylation sites is 1. The number of nitrogens with zero attached hydrogens (tertiary/aromatic N) is 1. The molecule has 0 saturated carbocycles. The van der Waals surface area contributed by atoms with E-state index >= 15 is 0 Å². The van der Waals surface area contributed by atoms with Gasteiger partial charge in [0.1, 0.15) is 18.1 Å². The monoisotopic (exact) mass is 445 g/mol. The molecule has 0 aliphatic heterocycles. The van der Waals surface area contributed by atoms with Crippen LogP contribution >= 0.6 is 0 Å². The molecule has 164 valence electrons. The lowest BCUT2D eigenvalue weighted by Gasteiger charge is -2.12. The van der Waals surface area contributed by atoms with Crippen molar-refractivity contribution in [1.82, 2.24) is 5.16 Å². The fourth-order valence-corrected chi connectivity index (χ4v) is 3.65. The number of rotatable bonds is 10. The molecule has 0 aliphatic rings. The van der Waals surface area contributed by atoms with Crippen molar-refractivity contribution in [2.45, 2.75) is 18.7 Å². The van der Waals surface area contributed by atoms with E-state index < -0.39 is 10.0 Å². The molecule has 0 saturated heterocycles. The number of sulfonamides is 1. The van der Waals surface area contributed by atoms with Crippen molar-refractivity contribution in [3.8, 4) is 5.75 Å². The number of aromatic nitrogens is 1. The second kappa shape index (κ2) is 10.1. The van der Waals surface area contributed by atoms with E-state index in [4.69, 9.17) is 14.0 Å². The van der Waals surface area contributed by atoms with E-state index in [2.05, 4.69) is 15.2 Å². The lowest BCUT2D eigenvalue weighted by atomic mass is 10.2. The Hall–Kier alpha value is -3.37. The highest BCUT2D eigenvalue weighted by Crippen LogP contribution is 2.21. The van der Waals surface area contributed by atoms with E-state index in [0.29, 0.717) is 42.6 Å². The summed E-state index contributed by atoms with van der Waals surface area (Å²) >= 11 is 0. The van der Waals surface area contributed by atoms with Crippen molar-refractivity contribution >= 4 is 27.4 Å². The average molecular weight is 445 g/mol. The van der Waals surface area contributed by atoms with Crippen LogP contribution in [0.3, 0.4) is 0 Å². The van der Waals surface area contributed by atoms with Gasteiger partial charge in [-0.05, 0) is 50.2 Å². The fraction of sp³-hybridized carbons (Fsp3) is 0.238. The number of hydrogen-bond donors (Lipinski definition) is 2. The molecule has 3 aromatic rings. The van der Waals surface area contributed by atoms with Crippen molar-refractivity contribution < 1.29 is 27.2 Å². The van der Waals surface area contributed by atoms with Crippen molar-refractivity contribution in [2.24, 2.45) is 0 Å². The number of carbonyl (C=O) groups is 1. The predicted octanol–water partition coefficient (Wildman–Crippen LogP) is 3.45. The normalized spacial score (nSPS) is 11.2. The summed E-state index contributed by atoms with van der Waals surface area (Å²) in [5.74, 6) is 0.638. The smallest absolute Gasteiger partial charge is 0.263 e. The summed E-state index contributed by atoms with van der Waals surface area (Å²) < 4.78 is 43.0. The zero-order valence-electron chi connectivity index (χ0n) is 17.1. The molecule has 1 heterocycles. The van der Waals surface area contributed by atoms with E-state index in [-0.39, 0.29) is 16.6 Å². The van der Waals surface area contributed by atoms with E-state index in [9.17, 15) is 13.2 Å². The molecule has 2 N–H and O–H groups in total. The highest BCUT2D eigenvalue weighted by atomic mass is 32.2. The summed E-state index contributed by atoms with van der Waals surface area (Å²) in [7, 11) is -3.84. The Labute approximate surface area is 180 Å². The first-order chi connectivity index (χ1) is 14.9. The molecule has 1 aromatic heterocycles. The number of nitrogens with one attached hydrogen (secondary N) is 2. The average Bonchev–Trinajstić information content (AvgIpc) is 3.15. The Morgan fingerprint density at radius 3 is 2.52 bits per heavy atom. The third-order valence-corrected chi connectivity index (χ3v) is 5.48. The lowest BCUT2D eigenvalue weighted by Crippen LogP contribution is -2.16. The van der Waals surface area contributed by atoms with Crippen molar-refractivity contribution in [2.75, 3.05) is 29.9 Å². The van der Waals surface area contributed by atoms with Gasteiger partial charge < -0.3 is 19.3 Å². The lowest BCUT2D eigenvalue weighted by molar-refractivity contribution is 0.0998. The molecule has 10 heteroatoms. The molecular formula is C21H23N3O6S. The van der Waals surface area contributed by atoms with E-state index in [1.54, 1.807) is 31.2 Å². The summed E-state index contributed by atoms with van der Waals surface area (Å²) in [5.41, 5.74) is 0.795. The molecule has 3 rings (SSSR count). The van der Waals surface area contributed by atoms with Crippen LogP contribution in [0.15, 0.2) is 64.0 Å². The van der Waals surface area contributed by atoms with Crippen LogP contribution in [0, 0.1) is 6.92 Å². The molecule has 2 aromatic carbocycles. The first-order valence-corrected chi connectivity index (χ1v) is 11.0. The summed E-state index contributed by atoms with van der Waals surface area (Å²) in [6.07, 6.45) is 0. The van der Waals surface area contributed by atoms with Gasteiger partial charge in [-0.3, -0.25) is 9.52 Å². The van der Waals surface area contributed by atoms with Gasteiger partial charge in [-0.15, -0.1) is 0 Å². The van der Waals surface area contributed by atoms with Crippen LogP contribution in [0.25, 0.3) is 0 Å². The van der Waals surface area contributed by atoms with Crippen LogP contribution in [0.4, 0.5) is 11.5 Å². The molecule has 0 spiro atoms. The van der Waals surface area contributed by atoms with E-state index in [0.717, 1.165) is 0 Å². The quantitative estimate of drug-likeness (QED) is 0.459. The number of hydrogen-bond acceptors (Lipinski definition) is 7. The van der Waals surface area contributed by atoms with E-state index in [1.807, 2.05) is 6.92 Å². The van der Waals surface area contributed by atoms with Gasteiger partial charge in [-0.25, -0.2) is 8.42 Å². The Balaban J connectivity index is 1.66. The van der Waals surface area contributed by atoms with Gasteiger partial charge in [0.2, 0.25) is 0 Å². The first kappa shape index (κ1) is 22.3. The molecule has 0 unspecified atom stereocenters. The van der Waals surface area contributed by atoms with Crippen LogP contribution in [-0.2, 0) is 14.8 Å². The first-order valence-electron chi connectivity index (χ1n) is 9.56. The fourth-order valence-electron chi connectivity index (χ4n) is 2.66. The number of anilines is 2. The molecule has 9 nitrogen and oxygen atoms in total. The van der Waals surface area contributed by atoms with Crippen LogP contribution in [0.1, 0.15) is 23.0 Å². The van der Waals surface area contributed by atoms with Gasteiger partial charge in [0, 0.05) is 18.4 Å². The van der Waals surface area contributed by atoms with Crippen molar-refractivity contribution in [3.63, 3.8) is 0 Å². The van der Waals surface area contributed by atoms with Crippen LogP contribution in [-0.4, -0.2) is 39.3 Å². The van der Waals surface area contributed by atoms with Gasteiger partial charge >= 0.3 is 0 Å². The van der Waals surface area contributed by atoms with E-state index in [1.165, 1.54) is 30.3 Å². The molecule has 31 heavy (non-hydrogen) atoms. The van der Waals surface area contributed by atoms with Gasteiger partial charge in [0.15, 0.2) is 5.82 Å². The molecule has 0 bridgehead atoms. The van der Waals surface area contributed by atoms with Crippen molar-refractivity contribution in [1.29, 1.82) is 0 Å². The SMILES string of the molecule is CCOCCOc1ccccc1C(=O)Nc1ccc(S(=O)(=O)Nc2cc(C)on2)cc1. The number of carbonyl (C=O) groups excluding carboxylic acids is 1. The largest absolute Gasteiger partial charge is 0.490 e. The maximum atomic E-state index is 12.7. The van der Waals surface area contributed by atoms with Crippen LogP contribution in [0.5, 0.6) is 5.75 Å². The second-order valence-electron chi connectivity index (χ2n) is 6.45. The predicted molar refractivity (Wildman–Crippen MR) is 115 cm³/mol. The number of ether oxygens (including phenoxy) is 2. The third kappa shape index (κ3) is 6.06. The zero-order chi connectivity index (χ0) is 22.3.